The van der Waals surface area contributed by atoms with Gasteiger partial charge in [0.15, 0.2) is 5.82 Å². The highest BCUT2D eigenvalue weighted by Crippen LogP contribution is 2.59. The third-order valence-electron chi connectivity index (χ3n) is 5.27. The standard InChI is InChI=1S/C19H16F6N4S/c1-3-30-13-6-10(17(4-5-17)19(23,24)25)8-27-15(13)16-28-11-7-14(18(20,21)22)26-9-12(11)29(16)2/h6-9H,3-5H2,1-2H3. The molecule has 3 aromatic rings. The zero-order valence-electron chi connectivity index (χ0n) is 15.9. The topological polar surface area (TPSA) is 43.6 Å². The van der Waals surface area contributed by atoms with Crippen LogP contribution in [0.15, 0.2) is 29.4 Å². The monoisotopic (exact) mass is 446 g/mol. The summed E-state index contributed by atoms with van der Waals surface area (Å²) in [6, 6.07) is 2.33. The number of hydrogen-bond donors (Lipinski definition) is 0. The Balaban J connectivity index is 1.84. The second-order valence-electron chi connectivity index (χ2n) is 7.13. The molecule has 0 unspecified atom stereocenters. The van der Waals surface area contributed by atoms with Gasteiger partial charge in [-0.1, -0.05) is 6.92 Å². The molecule has 11 heteroatoms. The quantitative estimate of drug-likeness (QED) is 0.378. The van der Waals surface area contributed by atoms with Crippen molar-refractivity contribution in [3.8, 4) is 11.5 Å². The van der Waals surface area contributed by atoms with Crippen molar-refractivity contribution < 1.29 is 26.3 Å². The van der Waals surface area contributed by atoms with Gasteiger partial charge < -0.3 is 4.57 Å². The molecular formula is C19H16F6N4S. The number of thioether (sulfide) groups is 1. The number of hydrogen-bond acceptors (Lipinski definition) is 4. The summed E-state index contributed by atoms with van der Waals surface area (Å²) in [7, 11) is 1.60. The third-order valence-corrected chi connectivity index (χ3v) is 6.18. The summed E-state index contributed by atoms with van der Waals surface area (Å²) in [5, 5.41) is 0. The van der Waals surface area contributed by atoms with Crippen molar-refractivity contribution in [3.63, 3.8) is 0 Å². The molecule has 0 saturated heterocycles. The molecule has 0 radical (unpaired) electrons. The average Bonchev–Trinajstić information content (AvgIpc) is 3.42. The molecule has 3 aromatic heterocycles. The lowest BCUT2D eigenvalue weighted by Gasteiger charge is -2.20. The van der Waals surface area contributed by atoms with E-state index in [1.807, 2.05) is 6.92 Å². The van der Waals surface area contributed by atoms with E-state index in [9.17, 15) is 26.3 Å². The van der Waals surface area contributed by atoms with Crippen molar-refractivity contribution in [2.24, 2.45) is 7.05 Å². The Morgan fingerprint density at radius 3 is 2.33 bits per heavy atom. The molecule has 30 heavy (non-hydrogen) atoms. The van der Waals surface area contributed by atoms with Crippen molar-refractivity contribution in [2.45, 2.75) is 42.4 Å². The largest absolute Gasteiger partial charge is 0.433 e. The number of alkyl halides is 6. The molecule has 0 aliphatic heterocycles. The van der Waals surface area contributed by atoms with E-state index in [4.69, 9.17) is 0 Å². The molecule has 0 aromatic carbocycles. The van der Waals surface area contributed by atoms with Gasteiger partial charge in [-0.25, -0.2) is 9.97 Å². The third kappa shape index (κ3) is 3.32. The lowest BCUT2D eigenvalue weighted by molar-refractivity contribution is -0.160. The zero-order chi connectivity index (χ0) is 21.9. The Bertz CT molecular complexity index is 1110. The molecule has 0 spiro atoms. The van der Waals surface area contributed by atoms with E-state index in [0.29, 0.717) is 21.9 Å². The first kappa shape index (κ1) is 21.0. The maximum Gasteiger partial charge on any atom is 0.433 e. The minimum atomic E-state index is -4.61. The first-order chi connectivity index (χ1) is 14.0. The van der Waals surface area contributed by atoms with Crippen LogP contribution in [0.4, 0.5) is 26.3 Å². The van der Waals surface area contributed by atoms with Gasteiger partial charge >= 0.3 is 12.4 Å². The van der Waals surface area contributed by atoms with Crippen LogP contribution in [-0.2, 0) is 18.6 Å². The lowest BCUT2D eigenvalue weighted by atomic mass is 9.97. The fourth-order valence-corrected chi connectivity index (χ4v) is 4.26. The van der Waals surface area contributed by atoms with Crippen molar-refractivity contribution in [1.29, 1.82) is 0 Å². The van der Waals surface area contributed by atoms with Gasteiger partial charge in [-0.3, -0.25) is 4.98 Å². The zero-order valence-corrected chi connectivity index (χ0v) is 16.7. The van der Waals surface area contributed by atoms with Crippen LogP contribution in [0.2, 0.25) is 0 Å². The SMILES string of the molecule is CCSc1cc(C2(C(F)(F)F)CC2)cnc1-c1nc2cc(C(F)(F)F)ncc2n1C. The van der Waals surface area contributed by atoms with Gasteiger partial charge in [0, 0.05) is 18.1 Å². The number of aryl methyl sites for hydroxylation is 1. The van der Waals surface area contributed by atoms with E-state index in [1.165, 1.54) is 24.0 Å². The highest BCUT2D eigenvalue weighted by atomic mass is 32.2. The van der Waals surface area contributed by atoms with Crippen LogP contribution in [0.3, 0.4) is 0 Å². The Hall–Kier alpha value is -2.30. The minimum Gasteiger partial charge on any atom is -0.325 e. The number of aromatic nitrogens is 4. The van der Waals surface area contributed by atoms with Gasteiger partial charge in [-0.05, 0) is 36.3 Å². The van der Waals surface area contributed by atoms with Gasteiger partial charge in [-0.2, -0.15) is 26.3 Å². The van der Waals surface area contributed by atoms with Gasteiger partial charge in [-0.15, -0.1) is 11.8 Å². The second-order valence-corrected chi connectivity index (χ2v) is 8.44. The van der Waals surface area contributed by atoms with Crippen LogP contribution in [-0.4, -0.2) is 31.4 Å². The van der Waals surface area contributed by atoms with Crippen LogP contribution in [0.25, 0.3) is 22.6 Å². The molecule has 0 bridgehead atoms. The second kappa shape index (κ2) is 6.86. The van der Waals surface area contributed by atoms with E-state index < -0.39 is 23.5 Å². The van der Waals surface area contributed by atoms with E-state index in [2.05, 4.69) is 15.0 Å². The summed E-state index contributed by atoms with van der Waals surface area (Å²) in [5.41, 5.74) is -2.04. The van der Waals surface area contributed by atoms with Crippen LogP contribution >= 0.6 is 11.8 Å². The number of rotatable bonds is 4. The van der Waals surface area contributed by atoms with Crippen molar-refractivity contribution >= 4 is 22.8 Å². The predicted octanol–water partition coefficient (Wildman–Crippen LogP) is 5.76. The Morgan fingerprint density at radius 1 is 1.07 bits per heavy atom. The molecule has 4 rings (SSSR count). The molecule has 1 aliphatic rings. The first-order valence-corrected chi connectivity index (χ1v) is 10.1. The number of nitrogens with zero attached hydrogens (tertiary/aromatic N) is 4. The molecule has 0 amide bonds. The highest BCUT2D eigenvalue weighted by Gasteiger charge is 2.64. The fraction of sp³-hybridized carbons (Fsp3) is 0.421. The maximum absolute atomic E-state index is 13.5. The molecule has 1 fully saturated rings. The molecule has 1 aliphatic carbocycles. The summed E-state index contributed by atoms with van der Waals surface area (Å²) in [5.74, 6) is 0.853. The molecule has 3 heterocycles. The fourth-order valence-electron chi connectivity index (χ4n) is 3.46. The Kier molecular flexibility index (Phi) is 4.79. The number of imidazole rings is 1. The molecule has 160 valence electrons. The van der Waals surface area contributed by atoms with E-state index >= 15 is 0 Å². The summed E-state index contributed by atoms with van der Waals surface area (Å²) in [4.78, 5) is 12.5. The van der Waals surface area contributed by atoms with Gasteiger partial charge in [0.05, 0.1) is 22.6 Å². The van der Waals surface area contributed by atoms with E-state index in [-0.39, 0.29) is 29.7 Å². The van der Waals surface area contributed by atoms with Gasteiger partial charge in [0.2, 0.25) is 0 Å². The molecule has 4 nitrogen and oxygen atoms in total. The van der Waals surface area contributed by atoms with Crippen LogP contribution in [0.1, 0.15) is 31.0 Å². The summed E-state index contributed by atoms with van der Waals surface area (Å²) in [6.45, 7) is 1.85. The lowest BCUT2D eigenvalue weighted by Crippen LogP contribution is -2.28. The average molecular weight is 446 g/mol. The minimum absolute atomic E-state index is 0.0198. The number of pyridine rings is 2. The normalized spacial score (nSPS) is 16.3. The van der Waals surface area contributed by atoms with Gasteiger partial charge in [0.25, 0.3) is 0 Å². The summed E-state index contributed by atoms with van der Waals surface area (Å²) >= 11 is 1.31. The smallest absolute Gasteiger partial charge is 0.325 e. The van der Waals surface area contributed by atoms with E-state index in [1.54, 1.807) is 11.6 Å². The number of halogens is 6. The maximum atomic E-state index is 13.5. The number of fused-ring (bicyclic) bond motifs is 1. The summed E-state index contributed by atoms with van der Waals surface area (Å²) < 4.78 is 81.0. The molecule has 0 N–H and O–H groups in total. The molecule has 1 saturated carbocycles. The van der Waals surface area contributed by atoms with Crippen molar-refractivity contribution in [2.75, 3.05) is 5.75 Å². The van der Waals surface area contributed by atoms with Crippen LogP contribution in [0, 0.1) is 0 Å². The van der Waals surface area contributed by atoms with Crippen molar-refractivity contribution in [3.05, 3.63) is 35.8 Å². The van der Waals surface area contributed by atoms with Crippen molar-refractivity contribution in [1.82, 2.24) is 19.5 Å². The first-order valence-electron chi connectivity index (χ1n) is 9.08. The summed E-state index contributed by atoms with van der Waals surface area (Å²) in [6.07, 6.45) is -6.64. The van der Waals surface area contributed by atoms with Gasteiger partial charge in [0.1, 0.15) is 11.4 Å². The molecular weight excluding hydrogens is 430 g/mol. The van der Waals surface area contributed by atoms with Crippen LogP contribution in [0.5, 0.6) is 0 Å². The van der Waals surface area contributed by atoms with E-state index in [0.717, 1.165) is 12.3 Å². The Labute approximate surface area is 171 Å². The molecule has 0 atom stereocenters. The Morgan fingerprint density at radius 2 is 1.77 bits per heavy atom. The predicted molar refractivity (Wildman–Crippen MR) is 100 cm³/mol. The highest BCUT2D eigenvalue weighted by molar-refractivity contribution is 7.99. The van der Waals surface area contributed by atoms with Crippen LogP contribution < -0.4 is 0 Å².